The number of nitrogens with zero attached hydrogens (tertiary/aromatic N) is 1. The highest BCUT2D eigenvalue weighted by Crippen LogP contribution is 2.20. The molecule has 14 heteroatoms. The van der Waals surface area contributed by atoms with Crippen molar-refractivity contribution in [2.75, 3.05) is 0 Å². The number of carboxylic acids is 1. The largest absolute Gasteiger partial charge is 0.480 e. The summed E-state index contributed by atoms with van der Waals surface area (Å²) < 4.78 is 0. The fourth-order valence-electron chi connectivity index (χ4n) is 4.50. The first-order chi connectivity index (χ1) is 20.0. The van der Waals surface area contributed by atoms with E-state index in [0.29, 0.717) is 17.7 Å². The van der Waals surface area contributed by atoms with Crippen molar-refractivity contribution >= 4 is 40.5 Å². The molecular weight excluding hydrogens is 544 g/mol. The maximum atomic E-state index is 13.6. The van der Waals surface area contributed by atoms with Gasteiger partial charge >= 0.3 is 5.97 Å². The Labute approximate surface area is 242 Å². The quantitative estimate of drug-likeness (QED) is 0.113. The Morgan fingerprint density at radius 2 is 1.69 bits per heavy atom. The summed E-state index contributed by atoms with van der Waals surface area (Å²) in [6, 6.07) is 2.79. The SMILES string of the molecule is CCC(C)C(NC(=O)C(N)Cc1cnc[nH]1)C(=O)NC(Cc1c[nH]c2ccccc12)C(=O)NC(CCC(N)=O)C(=O)O. The zero-order valence-corrected chi connectivity index (χ0v) is 23.6. The first-order valence-electron chi connectivity index (χ1n) is 13.7. The lowest BCUT2D eigenvalue weighted by molar-refractivity contribution is -0.142. The number of benzene rings is 1. The van der Waals surface area contributed by atoms with Crippen molar-refractivity contribution in [3.8, 4) is 0 Å². The number of hydrogen-bond donors (Lipinski definition) is 8. The number of carbonyl (C=O) groups is 5. The van der Waals surface area contributed by atoms with Crippen LogP contribution in [-0.2, 0) is 36.8 Å². The Bertz CT molecular complexity index is 1390. The van der Waals surface area contributed by atoms with Crippen LogP contribution in [0.15, 0.2) is 43.0 Å². The monoisotopic (exact) mass is 582 g/mol. The summed E-state index contributed by atoms with van der Waals surface area (Å²) in [5.74, 6) is -4.34. The molecule has 4 amide bonds. The van der Waals surface area contributed by atoms with Crippen molar-refractivity contribution in [1.29, 1.82) is 0 Å². The molecule has 0 spiro atoms. The molecule has 0 saturated carbocycles. The van der Waals surface area contributed by atoms with Gasteiger partial charge in [-0.2, -0.15) is 0 Å². The number of carboxylic acid groups (broad SMARTS) is 1. The number of amides is 4. The summed E-state index contributed by atoms with van der Waals surface area (Å²) in [4.78, 5) is 72.9. The molecule has 5 unspecified atom stereocenters. The second kappa shape index (κ2) is 14.8. The summed E-state index contributed by atoms with van der Waals surface area (Å²) in [5.41, 5.74) is 13.4. The van der Waals surface area contributed by atoms with E-state index < -0.39 is 53.8 Å². The van der Waals surface area contributed by atoms with Crippen LogP contribution in [0.5, 0.6) is 0 Å². The van der Waals surface area contributed by atoms with E-state index in [4.69, 9.17) is 11.5 Å². The molecule has 226 valence electrons. The molecule has 1 aromatic carbocycles. The number of imidazole rings is 1. The summed E-state index contributed by atoms with van der Waals surface area (Å²) in [6.45, 7) is 3.64. The molecule has 0 aliphatic heterocycles. The Morgan fingerprint density at radius 1 is 0.976 bits per heavy atom. The van der Waals surface area contributed by atoms with Gasteiger partial charge in [0.2, 0.25) is 23.6 Å². The second-order valence-corrected chi connectivity index (χ2v) is 10.3. The molecular formula is C28H38N8O6. The van der Waals surface area contributed by atoms with Gasteiger partial charge in [-0.05, 0) is 24.0 Å². The Balaban J connectivity index is 1.83. The Hall–Kier alpha value is -4.72. The maximum absolute atomic E-state index is 13.6. The van der Waals surface area contributed by atoms with Crippen molar-refractivity contribution in [3.05, 3.63) is 54.2 Å². The summed E-state index contributed by atoms with van der Waals surface area (Å²) in [7, 11) is 0. The maximum Gasteiger partial charge on any atom is 0.326 e. The van der Waals surface area contributed by atoms with E-state index in [2.05, 4.69) is 30.9 Å². The third kappa shape index (κ3) is 8.64. The summed E-state index contributed by atoms with van der Waals surface area (Å²) in [6.07, 6.45) is 4.98. The second-order valence-electron chi connectivity index (χ2n) is 10.3. The van der Waals surface area contributed by atoms with Crippen molar-refractivity contribution in [2.45, 2.75) is 70.1 Å². The summed E-state index contributed by atoms with van der Waals surface area (Å²) in [5, 5.41) is 18.3. The molecule has 0 aliphatic carbocycles. The molecule has 0 saturated heterocycles. The zero-order valence-electron chi connectivity index (χ0n) is 23.6. The zero-order chi connectivity index (χ0) is 30.8. The molecule has 0 radical (unpaired) electrons. The molecule has 2 aromatic heterocycles. The molecule has 42 heavy (non-hydrogen) atoms. The van der Waals surface area contributed by atoms with E-state index >= 15 is 0 Å². The number of H-pyrrole nitrogens is 2. The average Bonchev–Trinajstić information content (AvgIpc) is 3.62. The van der Waals surface area contributed by atoms with E-state index in [0.717, 1.165) is 10.9 Å². The average molecular weight is 583 g/mol. The number of aromatic amines is 2. The molecule has 3 aromatic rings. The normalized spacial score (nSPS) is 14.7. The van der Waals surface area contributed by atoms with Crippen LogP contribution in [0, 0.1) is 5.92 Å². The molecule has 5 atom stereocenters. The van der Waals surface area contributed by atoms with Gasteiger partial charge in [0.25, 0.3) is 0 Å². The van der Waals surface area contributed by atoms with Gasteiger partial charge in [-0.25, -0.2) is 9.78 Å². The fourth-order valence-corrected chi connectivity index (χ4v) is 4.50. The molecule has 0 fully saturated rings. The lowest BCUT2D eigenvalue weighted by atomic mass is 9.96. The number of carbonyl (C=O) groups excluding carboxylic acids is 4. The van der Waals surface area contributed by atoms with Crippen molar-refractivity contribution in [3.63, 3.8) is 0 Å². The number of nitrogens with two attached hydrogens (primary N) is 2. The Morgan fingerprint density at radius 3 is 2.33 bits per heavy atom. The van der Waals surface area contributed by atoms with E-state index in [9.17, 15) is 29.1 Å². The van der Waals surface area contributed by atoms with Crippen LogP contribution >= 0.6 is 0 Å². The highest BCUT2D eigenvalue weighted by atomic mass is 16.4. The molecule has 2 heterocycles. The van der Waals surface area contributed by atoms with E-state index in [-0.39, 0.29) is 31.6 Å². The topological polar surface area (TPSA) is 238 Å². The smallest absolute Gasteiger partial charge is 0.326 e. The van der Waals surface area contributed by atoms with Gasteiger partial charge in [-0.3, -0.25) is 19.2 Å². The highest BCUT2D eigenvalue weighted by Gasteiger charge is 2.33. The number of para-hydroxylation sites is 1. The number of aromatic nitrogens is 3. The number of primary amides is 1. The van der Waals surface area contributed by atoms with Crippen molar-refractivity contribution in [1.82, 2.24) is 30.9 Å². The third-order valence-corrected chi connectivity index (χ3v) is 7.15. The first-order valence-corrected chi connectivity index (χ1v) is 13.7. The van der Waals surface area contributed by atoms with Crippen molar-refractivity contribution < 1.29 is 29.1 Å². The minimum Gasteiger partial charge on any atom is -0.480 e. The predicted molar refractivity (Wildman–Crippen MR) is 154 cm³/mol. The van der Waals surface area contributed by atoms with Gasteiger partial charge < -0.3 is 42.5 Å². The number of nitrogens with one attached hydrogen (secondary N) is 5. The van der Waals surface area contributed by atoms with E-state index in [1.807, 2.05) is 31.2 Å². The van der Waals surface area contributed by atoms with Crippen LogP contribution in [-0.4, -0.2) is 73.8 Å². The number of rotatable bonds is 16. The van der Waals surface area contributed by atoms with Gasteiger partial charge in [0.05, 0.1) is 12.4 Å². The van der Waals surface area contributed by atoms with Gasteiger partial charge in [0, 0.05) is 48.3 Å². The van der Waals surface area contributed by atoms with Crippen LogP contribution in [0.2, 0.25) is 0 Å². The van der Waals surface area contributed by atoms with Crippen molar-refractivity contribution in [2.24, 2.45) is 17.4 Å². The van der Waals surface area contributed by atoms with Crippen LogP contribution in [0.3, 0.4) is 0 Å². The van der Waals surface area contributed by atoms with Gasteiger partial charge in [-0.1, -0.05) is 38.5 Å². The molecule has 0 bridgehead atoms. The highest BCUT2D eigenvalue weighted by molar-refractivity contribution is 5.95. The van der Waals surface area contributed by atoms with Crippen LogP contribution < -0.4 is 27.4 Å². The van der Waals surface area contributed by atoms with Crippen LogP contribution in [0.4, 0.5) is 0 Å². The Kier molecular flexibility index (Phi) is 11.2. The van der Waals surface area contributed by atoms with E-state index in [1.54, 1.807) is 19.3 Å². The first kappa shape index (κ1) is 31.8. The predicted octanol–water partition coefficient (Wildman–Crippen LogP) is -0.146. The number of aliphatic carboxylic acids is 1. The molecule has 10 N–H and O–H groups in total. The molecule has 0 aliphatic rings. The fraction of sp³-hybridized carbons (Fsp3) is 0.429. The lowest BCUT2D eigenvalue weighted by Gasteiger charge is -2.28. The standard InChI is InChI=1S/C28H38N8O6/c1-3-15(2)24(36-25(38)19(29)11-17-13-31-14-33-17)27(40)35-22(10-16-12-32-20-7-5-4-6-18(16)20)26(39)34-21(28(41)42)8-9-23(30)37/h4-7,12-15,19,21-22,24,32H,3,8-11,29H2,1-2H3,(H2,30,37)(H,31,33)(H,34,39)(H,35,40)(H,36,38)(H,41,42). The number of hydrogen-bond acceptors (Lipinski definition) is 7. The number of fused-ring (bicyclic) bond motifs is 1. The van der Waals surface area contributed by atoms with E-state index in [1.165, 1.54) is 6.33 Å². The molecule has 14 nitrogen and oxygen atoms in total. The van der Waals surface area contributed by atoms with Gasteiger partial charge in [0.1, 0.15) is 18.1 Å². The van der Waals surface area contributed by atoms with Crippen LogP contribution in [0.25, 0.3) is 10.9 Å². The minimum absolute atomic E-state index is 0.0181. The third-order valence-electron chi connectivity index (χ3n) is 7.15. The summed E-state index contributed by atoms with van der Waals surface area (Å²) >= 11 is 0. The lowest BCUT2D eigenvalue weighted by Crippen LogP contribution is -2.59. The van der Waals surface area contributed by atoms with Gasteiger partial charge in [-0.15, -0.1) is 0 Å². The minimum atomic E-state index is -1.40. The van der Waals surface area contributed by atoms with Gasteiger partial charge in [0.15, 0.2) is 0 Å². The van der Waals surface area contributed by atoms with Crippen LogP contribution in [0.1, 0.15) is 44.4 Å². The molecule has 3 rings (SSSR count).